The molecule has 2 heterocycles. The fraction of sp³-hybridized carbons (Fsp3) is 0.333. The number of nitrogens with zero attached hydrogens (tertiary/aromatic N) is 1. The maximum absolute atomic E-state index is 13.8. The summed E-state index contributed by atoms with van der Waals surface area (Å²) in [6.45, 7) is 0.894. The number of carbonyl (C=O) groups is 2. The molecule has 0 radical (unpaired) electrons. The molecule has 0 bridgehead atoms. The van der Waals surface area contributed by atoms with Crippen LogP contribution in [0, 0.1) is 0 Å². The van der Waals surface area contributed by atoms with Gasteiger partial charge in [-0.15, -0.1) is 0 Å². The Morgan fingerprint density at radius 3 is 2.38 bits per heavy atom. The van der Waals surface area contributed by atoms with Crippen molar-refractivity contribution in [3.05, 3.63) is 78.3 Å². The van der Waals surface area contributed by atoms with Gasteiger partial charge in [-0.2, -0.15) is 0 Å². The Balaban J connectivity index is 1.58. The summed E-state index contributed by atoms with van der Waals surface area (Å²) < 4.78 is 16.9. The molecule has 7 nitrogen and oxygen atoms in total. The van der Waals surface area contributed by atoms with Gasteiger partial charge in [0, 0.05) is 17.8 Å². The Bertz CT molecular complexity index is 1120. The quantitative estimate of drug-likeness (QED) is 0.567. The van der Waals surface area contributed by atoms with Crippen LogP contribution in [0.4, 0.5) is 5.69 Å². The molecule has 1 atom stereocenters. The lowest BCUT2D eigenvalue weighted by Gasteiger charge is -2.33. The minimum Gasteiger partial charge on any atom is -0.486 e. The zero-order valence-electron chi connectivity index (χ0n) is 18.9. The zero-order valence-corrected chi connectivity index (χ0v) is 18.9. The third-order valence-corrected chi connectivity index (χ3v) is 6.33. The first-order chi connectivity index (χ1) is 16.7. The van der Waals surface area contributed by atoms with Crippen LogP contribution in [0.3, 0.4) is 0 Å². The molecule has 5 rings (SSSR count). The molecule has 2 amide bonds. The summed E-state index contributed by atoms with van der Waals surface area (Å²) >= 11 is 0. The molecule has 1 N–H and O–H groups in total. The van der Waals surface area contributed by atoms with Gasteiger partial charge in [-0.3, -0.25) is 14.5 Å². The number of nitrogens with one attached hydrogen (secondary N) is 1. The van der Waals surface area contributed by atoms with E-state index in [0.29, 0.717) is 36.0 Å². The molecule has 176 valence electrons. The zero-order chi connectivity index (χ0) is 23.3. The van der Waals surface area contributed by atoms with Crippen LogP contribution in [0.1, 0.15) is 54.3 Å². The topological polar surface area (TPSA) is 81.0 Å². The predicted octanol–water partition coefficient (Wildman–Crippen LogP) is 4.89. The fourth-order valence-electron chi connectivity index (χ4n) is 4.66. The lowest BCUT2D eigenvalue weighted by atomic mass is 9.94. The van der Waals surface area contributed by atoms with E-state index in [2.05, 4.69) is 5.32 Å². The van der Waals surface area contributed by atoms with E-state index in [0.717, 1.165) is 25.7 Å². The largest absolute Gasteiger partial charge is 0.486 e. The molecule has 0 unspecified atom stereocenters. The van der Waals surface area contributed by atoms with Crippen molar-refractivity contribution in [3.63, 3.8) is 0 Å². The molecule has 2 aromatic carbocycles. The van der Waals surface area contributed by atoms with Crippen molar-refractivity contribution in [2.45, 2.75) is 44.2 Å². The number of furan rings is 1. The van der Waals surface area contributed by atoms with Gasteiger partial charge in [0.1, 0.15) is 19.3 Å². The SMILES string of the molecule is O=C(NC1CCCCC1)[C@@H](c1ccccc1)N(C(=O)c1ccco1)c1ccc2c(c1)OCCO2. The van der Waals surface area contributed by atoms with Crippen LogP contribution in [0.15, 0.2) is 71.3 Å². The van der Waals surface area contributed by atoms with E-state index in [9.17, 15) is 9.59 Å². The second-order valence-corrected chi connectivity index (χ2v) is 8.64. The Labute approximate surface area is 198 Å². The number of hydrogen-bond donors (Lipinski definition) is 1. The molecule has 1 aliphatic heterocycles. The first-order valence-corrected chi connectivity index (χ1v) is 11.8. The second kappa shape index (κ2) is 10.0. The minimum atomic E-state index is -0.886. The summed E-state index contributed by atoms with van der Waals surface area (Å²) in [5, 5.41) is 3.21. The van der Waals surface area contributed by atoms with E-state index in [1.165, 1.54) is 17.6 Å². The number of anilines is 1. The lowest BCUT2D eigenvalue weighted by Crippen LogP contribution is -2.47. The Morgan fingerprint density at radius 2 is 1.65 bits per heavy atom. The highest BCUT2D eigenvalue weighted by Crippen LogP contribution is 2.38. The maximum atomic E-state index is 13.8. The van der Waals surface area contributed by atoms with Gasteiger partial charge in [-0.1, -0.05) is 49.6 Å². The fourth-order valence-corrected chi connectivity index (χ4v) is 4.66. The van der Waals surface area contributed by atoms with Crippen molar-refractivity contribution in [1.29, 1.82) is 0 Å². The maximum Gasteiger partial charge on any atom is 0.294 e. The monoisotopic (exact) mass is 460 g/mol. The van der Waals surface area contributed by atoms with Crippen LogP contribution in [0.5, 0.6) is 11.5 Å². The molecule has 7 heteroatoms. The van der Waals surface area contributed by atoms with E-state index >= 15 is 0 Å². The van der Waals surface area contributed by atoms with Gasteiger partial charge in [0.25, 0.3) is 5.91 Å². The standard InChI is InChI=1S/C27H28N2O5/c30-26(28-20-10-5-2-6-11-20)25(19-8-3-1-4-9-19)29(27(31)23-12-7-15-32-23)21-13-14-22-24(18-21)34-17-16-33-22/h1,3-4,7-9,12-15,18,20,25H,2,5-6,10-11,16-17H2,(H,28,30)/t25-/m1/s1. The van der Waals surface area contributed by atoms with Crippen molar-refractivity contribution in [2.24, 2.45) is 0 Å². The Morgan fingerprint density at radius 1 is 0.882 bits per heavy atom. The lowest BCUT2D eigenvalue weighted by molar-refractivity contribution is -0.123. The summed E-state index contributed by atoms with van der Waals surface area (Å²) in [6, 6.07) is 17.1. The van der Waals surface area contributed by atoms with Crippen molar-refractivity contribution in [3.8, 4) is 11.5 Å². The first-order valence-electron chi connectivity index (χ1n) is 11.8. The third-order valence-electron chi connectivity index (χ3n) is 6.33. The number of hydrogen-bond acceptors (Lipinski definition) is 5. The summed E-state index contributed by atoms with van der Waals surface area (Å²) in [5.74, 6) is 0.687. The second-order valence-electron chi connectivity index (χ2n) is 8.64. The molecule has 1 fully saturated rings. The molecule has 2 aliphatic rings. The van der Waals surface area contributed by atoms with Gasteiger partial charge in [0.15, 0.2) is 17.3 Å². The van der Waals surface area contributed by atoms with Crippen LogP contribution in [0.25, 0.3) is 0 Å². The molecule has 1 saturated carbocycles. The van der Waals surface area contributed by atoms with E-state index < -0.39 is 11.9 Å². The van der Waals surface area contributed by atoms with Crippen LogP contribution in [-0.4, -0.2) is 31.1 Å². The van der Waals surface area contributed by atoms with Crippen LogP contribution < -0.4 is 19.7 Å². The van der Waals surface area contributed by atoms with Crippen LogP contribution in [-0.2, 0) is 4.79 Å². The van der Waals surface area contributed by atoms with E-state index in [4.69, 9.17) is 13.9 Å². The highest BCUT2D eigenvalue weighted by atomic mass is 16.6. The number of amides is 2. The summed E-state index contributed by atoms with van der Waals surface area (Å²) in [4.78, 5) is 29.1. The average molecular weight is 461 g/mol. The average Bonchev–Trinajstić information content (AvgIpc) is 3.43. The van der Waals surface area contributed by atoms with Gasteiger partial charge in [-0.05, 0) is 42.7 Å². The summed E-state index contributed by atoms with van der Waals surface area (Å²) in [6.07, 6.45) is 6.73. The van der Waals surface area contributed by atoms with Gasteiger partial charge in [0.2, 0.25) is 5.91 Å². The molecular formula is C27H28N2O5. The number of ether oxygens (including phenoxy) is 2. The van der Waals surface area contributed by atoms with Crippen molar-refractivity contribution < 1.29 is 23.5 Å². The normalized spacial score (nSPS) is 16.5. The predicted molar refractivity (Wildman–Crippen MR) is 127 cm³/mol. The molecule has 0 spiro atoms. The molecule has 3 aromatic rings. The van der Waals surface area contributed by atoms with Gasteiger partial charge in [0.05, 0.1) is 6.26 Å². The Hall–Kier alpha value is -3.74. The van der Waals surface area contributed by atoms with Gasteiger partial charge in [-0.25, -0.2) is 0 Å². The third kappa shape index (κ3) is 4.64. The summed E-state index contributed by atoms with van der Waals surface area (Å²) in [7, 11) is 0. The minimum absolute atomic E-state index is 0.105. The van der Waals surface area contributed by atoms with Crippen molar-refractivity contribution >= 4 is 17.5 Å². The van der Waals surface area contributed by atoms with E-state index in [1.807, 2.05) is 30.3 Å². The molecule has 34 heavy (non-hydrogen) atoms. The molecule has 1 aliphatic carbocycles. The molecule has 1 aromatic heterocycles. The highest BCUT2D eigenvalue weighted by molar-refractivity contribution is 6.08. The van der Waals surface area contributed by atoms with E-state index in [-0.39, 0.29) is 17.7 Å². The van der Waals surface area contributed by atoms with Crippen LogP contribution >= 0.6 is 0 Å². The van der Waals surface area contributed by atoms with E-state index in [1.54, 1.807) is 30.3 Å². The summed E-state index contributed by atoms with van der Waals surface area (Å²) in [5.41, 5.74) is 1.24. The van der Waals surface area contributed by atoms with Crippen molar-refractivity contribution in [2.75, 3.05) is 18.1 Å². The Kier molecular flexibility index (Phi) is 6.51. The number of rotatable bonds is 6. The van der Waals surface area contributed by atoms with Crippen LogP contribution in [0.2, 0.25) is 0 Å². The first kappa shape index (κ1) is 22.1. The number of carbonyl (C=O) groups excluding carboxylic acids is 2. The van der Waals surface area contributed by atoms with Crippen molar-refractivity contribution in [1.82, 2.24) is 5.32 Å². The number of benzene rings is 2. The van der Waals surface area contributed by atoms with Gasteiger partial charge < -0.3 is 19.2 Å². The molecule has 0 saturated heterocycles. The molecular weight excluding hydrogens is 432 g/mol. The smallest absolute Gasteiger partial charge is 0.294 e. The van der Waals surface area contributed by atoms with Gasteiger partial charge >= 0.3 is 0 Å². The number of fused-ring (bicyclic) bond motifs is 1. The highest BCUT2D eigenvalue weighted by Gasteiger charge is 2.36.